The van der Waals surface area contributed by atoms with Crippen LogP contribution in [0.5, 0.6) is 0 Å². The Kier molecular flexibility index (Phi) is 7.72. The van der Waals surface area contributed by atoms with E-state index in [1.807, 2.05) is 18.2 Å². The average molecular weight is 433 g/mol. The molecular weight excluding hydrogens is 404 g/mol. The number of aliphatic carboxylic acids is 1. The van der Waals surface area contributed by atoms with Crippen molar-refractivity contribution in [3.63, 3.8) is 0 Å². The summed E-state index contributed by atoms with van der Waals surface area (Å²) < 4.78 is 0.421. The van der Waals surface area contributed by atoms with E-state index in [9.17, 15) is 9.59 Å². The van der Waals surface area contributed by atoms with Crippen molar-refractivity contribution in [2.24, 2.45) is 5.92 Å². The van der Waals surface area contributed by atoms with Gasteiger partial charge in [-0.05, 0) is 42.5 Å². The van der Waals surface area contributed by atoms with Crippen LogP contribution in [0.1, 0.15) is 51.0 Å². The molecule has 0 bridgehead atoms. The molecule has 7 heteroatoms. The lowest BCUT2D eigenvalue weighted by atomic mass is 9.91. The van der Waals surface area contributed by atoms with Crippen LogP contribution < -0.4 is 4.90 Å². The number of benzene rings is 1. The molecule has 0 spiro atoms. The van der Waals surface area contributed by atoms with Crippen LogP contribution in [0.15, 0.2) is 29.2 Å². The smallest absolute Gasteiger partial charge is 0.305 e. The fourth-order valence-corrected chi connectivity index (χ4v) is 5.11. The van der Waals surface area contributed by atoms with E-state index in [-0.39, 0.29) is 18.9 Å². The maximum absolute atomic E-state index is 12.5. The zero-order chi connectivity index (χ0) is 20.8. The normalized spacial score (nSPS) is 19.4. The number of hydrogen-bond donors (Lipinski definition) is 1. The van der Waals surface area contributed by atoms with Crippen LogP contribution in [0.2, 0.25) is 0 Å². The number of piperidine rings is 1. The van der Waals surface area contributed by atoms with E-state index >= 15 is 0 Å². The second kappa shape index (κ2) is 10.3. The second-order valence-corrected chi connectivity index (χ2v) is 9.32. The molecular formula is C22H28N2O3S2. The Hall–Kier alpha value is -1.86. The van der Waals surface area contributed by atoms with Crippen molar-refractivity contribution in [3.05, 3.63) is 34.7 Å². The van der Waals surface area contributed by atoms with Crippen LogP contribution in [-0.2, 0) is 9.59 Å². The van der Waals surface area contributed by atoms with E-state index in [0.717, 1.165) is 24.6 Å². The molecule has 1 N–H and O–H groups in total. The zero-order valence-electron chi connectivity index (χ0n) is 16.8. The van der Waals surface area contributed by atoms with Gasteiger partial charge < -0.3 is 10.0 Å². The Bertz CT molecular complexity index is 784. The molecule has 0 aliphatic carbocycles. The van der Waals surface area contributed by atoms with Crippen LogP contribution in [0, 0.1) is 5.92 Å². The average Bonchev–Trinajstić information content (AvgIpc) is 2.98. The first-order chi connectivity index (χ1) is 14.0. The molecule has 2 aliphatic rings. The summed E-state index contributed by atoms with van der Waals surface area (Å²) in [6, 6.07) is 8.29. The number of thioether (sulfide) groups is 1. The first-order valence-electron chi connectivity index (χ1n) is 10.3. The van der Waals surface area contributed by atoms with E-state index in [4.69, 9.17) is 17.3 Å². The number of anilines is 1. The summed E-state index contributed by atoms with van der Waals surface area (Å²) in [6.07, 6.45) is 8.22. The second-order valence-electron chi connectivity index (χ2n) is 7.64. The molecule has 1 amide bonds. The molecule has 2 fully saturated rings. The Morgan fingerprint density at radius 3 is 2.59 bits per heavy atom. The molecule has 1 aromatic rings. The van der Waals surface area contributed by atoms with Crippen LogP contribution in [0.4, 0.5) is 5.69 Å². The lowest BCUT2D eigenvalue weighted by molar-refractivity contribution is -0.137. The number of unbranched alkanes of at least 4 members (excludes halogenated alkanes) is 1. The molecule has 2 saturated heterocycles. The third-order valence-electron chi connectivity index (χ3n) is 5.56. The highest BCUT2D eigenvalue weighted by molar-refractivity contribution is 8.26. The maximum Gasteiger partial charge on any atom is 0.305 e. The lowest BCUT2D eigenvalue weighted by Gasteiger charge is -2.33. The molecule has 5 nitrogen and oxygen atoms in total. The predicted molar refractivity (Wildman–Crippen MR) is 123 cm³/mol. The van der Waals surface area contributed by atoms with Crippen molar-refractivity contribution >= 4 is 51.9 Å². The Morgan fingerprint density at radius 2 is 1.97 bits per heavy atom. The van der Waals surface area contributed by atoms with E-state index in [2.05, 4.69) is 24.0 Å². The van der Waals surface area contributed by atoms with Gasteiger partial charge in [0.25, 0.3) is 5.91 Å². The number of rotatable bonds is 8. The summed E-state index contributed by atoms with van der Waals surface area (Å²) in [5.41, 5.74) is 2.18. The number of carboxylic acid groups (broad SMARTS) is 1. The van der Waals surface area contributed by atoms with Gasteiger partial charge in [0, 0.05) is 25.3 Å². The van der Waals surface area contributed by atoms with Gasteiger partial charge in [-0.1, -0.05) is 62.3 Å². The minimum Gasteiger partial charge on any atom is -0.481 e. The number of carbonyl (C=O) groups excluding carboxylic acids is 1. The minimum atomic E-state index is -0.937. The van der Waals surface area contributed by atoms with Crippen molar-refractivity contribution < 1.29 is 14.7 Å². The quantitative estimate of drug-likeness (QED) is 0.472. The minimum absolute atomic E-state index is 0.108. The van der Waals surface area contributed by atoms with Gasteiger partial charge in [0.2, 0.25) is 0 Å². The predicted octanol–water partition coefficient (Wildman–Crippen LogP) is 4.77. The fourth-order valence-electron chi connectivity index (χ4n) is 3.81. The monoisotopic (exact) mass is 432 g/mol. The van der Waals surface area contributed by atoms with Crippen LogP contribution in [0.3, 0.4) is 0 Å². The Morgan fingerprint density at radius 1 is 1.28 bits per heavy atom. The van der Waals surface area contributed by atoms with Crippen molar-refractivity contribution in [1.29, 1.82) is 0 Å². The Labute approximate surface area is 182 Å². The van der Waals surface area contributed by atoms with Crippen molar-refractivity contribution in [2.45, 2.75) is 45.4 Å². The van der Waals surface area contributed by atoms with Gasteiger partial charge in [-0.2, -0.15) is 0 Å². The number of carboxylic acids is 1. The maximum atomic E-state index is 12.5. The van der Waals surface area contributed by atoms with Gasteiger partial charge in [0.1, 0.15) is 4.32 Å². The molecule has 3 rings (SSSR count). The summed E-state index contributed by atoms with van der Waals surface area (Å²) >= 11 is 6.47. The van der Waals surface area contributed by atoms with E-state index in [0.29, 0.717) is 9.23 Å². The fraction of sp³-hybridized carbons (Fsp3) is 0.500. The van der Waals surface area contributed by atoms with Crippen LogP contribution in [0.25, 0.3) is 6.08 Å². The number of thiocarbonyl (C=S) groups is 1. The molecule has 0 atom stereocenters. The number of nitrogens with zero attached hydrogens (tertiary/aromatic N) is 2. The summed E-state index contributed by atoms with van der Waals surface area (Å²) in [7, 11) is 0. The first-order valence-corrected chi connectivity index (χ1v) is 11.5. The standard InChI is InChI=1S/C22H28N2O3S2/c1-2-3-4-16-9-12-23(13-10-16)18-7-5-17(6-8-18)15-19-21(27)24(22(28)29-19)14-11-20(25)26/h5-8,15-16H,2-4,9-14H2,1H3,(H,25,26)/b19-15-. The largest absolute Gasteiger partial charge is 0.481 e. The van der Waals surface area contributed by atoms with Gasteiger partial charge in [0.05, 0.1) is 11.3 Å². The third kappa shape index (κ3) is 5.82. The highest BCUT2D eigenvalue weighted by Crippen LogP contribution is 2.33. The van der Waals surface area contributed by atoms with Gasteiger partial charge in [-0.3, -0.25) is 14.5 Å². The first kappa shape index (κ1) is 21.8. The highest BCUT2D eigenvalue weighted by atomic mass is 32.2. The molecule has 156 valence electrons. The van der Waals surface area contributed by atoms with Crippen LogP contribution >= 0.6 is 24.0 Å². The number of amides is 1. The van der Waals surface area contributed by atoms with E-state index in [1.54, 1.807) is 0 Å². The molecule has 0 aromatic heterocycles. The number of carbonyl (C=O) groups is 2. The van der Waals surface area contributed by atoms with Crippen molar-refractivity contribution in [1.82, 2.24) is 4.90 Å². The van der Waals surface area contributed by atoms with Crippen molar-refractivity contribution in [2.75, 3.05) is 24.5 Å². The summed E-state index contributed by atoms with van der Waals surface area (Å²) in [6.45, 7) is 4.58. The molecule has 0 saturated carbocycles. The van der Waals surface area contributed by atoms with E-state index < -0.39 is 5.97 Å². The molecule has 1 aromatic carbocycles. The zero-order valence-corrected chi connectivity index (χ0v) is 18.4. The topological polar surface area (TPSA) is 60.9 Å². The molecule has 29 heavy (non-hydrogen) atoms. The summed E-state index contributed by atoms with van der Waals surface area (Å²) in [5.74, 6) is -0.277. The van der Waals surface area contributed by atoms with Gasteiger partial charge in [-0.15, -0.1) is 0 Å². The molecule has 2 heterocycles. The Balaban J connectivity index is 1.59. The van der Waals surface area contributed by atoms with Gasteiger partial charge in [0.15, 0.2) is 0 Å². The van der Waals surface area contributed by atoms with Crippen molar-refractivity contribution in [3.8, 4) is 0 Å². The molecule has 0 unspecified atom stereocenters. The number of hydrogen-bond acceptors (Lipinski definition) is 5. The van der Waals surface area contributed by atoms with Gasteiger partial charge >= 0.3 is 5.97 Å². The van der Waals surface area contributed by atoms with Crippen LogP contribution in [-0.4, -0.2) is 45.8 Å². The summed E-state index contributed by atoms with van der Waals surface area (Å²) in [4.78, 5) is 27.6. The summed E-state index contributed by atoms with van der Waals surface area (Å²) in [5, 5.41) is 8.83. The van der Waals surface area contributed by atoms with E-state index in [1.165, 1.54) is 54.5 Å². The molecule has 2 aliphatic heterocycles. The lowest BCUT2D eigenvalue weighted by Crippen LogP contribution is -2.33. The van der Waals surface area contributed by atoms with Gasteiger partial charge in [-0.25, -0.2) is 0 Å². The third-order valence-corrected chi connectivity index (χ3v) is 6.94. The highest BCUT2D eigenvalue weighted by Gasteiger charge is 2.32. The SMILES string of the molecule is CCCCC1CCN(c2ccc(/C=C3\SC(=S)N(CCC(=O)O)C3=O)cc2)CC1. The molecule has 0 radical (unpaired) electrons.